The highest BCUT2D eigenvalue weighted by molar-refractivity contribution is 7.92. The van der Waals surface area contributed by atoms with Gasteiger partial charge < -0.3 is 4.90 Å². The molecule has 0 saturated carbocycles. The number of carbonyl (C=O) groups is 1. The minimum absolute atomic E-state index is 0.163. The van der Waals surface area contributed by atoms with Crippen LogP contribution in [0.4, 0.5) is 20.2 Å². The van der Waals surface area contributed by atoms with Crippen LogP contribution in [0.25, 0.3) is 0 Å². The number of amides is 1. The second-order valence-corrected chi connectivity index (χ2v) is 8.98. The largest absolute Gasteiger partial charge is 0.308 e. The predicted molar refractivity (Wildman–Crippen MR) is 115 cm³/mol. The van der Waals surface area contributed by atoms with E-state index < -0.39 is 26.6 Å². The number of aryl methyl sites for hydroxylation is 1. The van der Waals surface area contributed by atoms with E-state index in [0.29, 0.717) is 18.2 Å². The maximum absolute atomic E-state index is 13.4. The fourth-order valence-corrected chi connectivity index (χ4v) is 4.67. The zero-order valence-corrected chi connectivity index (χ0v) is 17.3. The van der Waals surface area contributed by atoms with Crippen LogP contribution in [-0.2, 0) is 16.4 Å². The van der Waals surface area contributed by atoms with E-state index >= 15 is 0 Å². The van der Waals surface area contributed by atoms with Crippen LogP contribution < -0.4 is 9.62 Å². The number of halogens is 2. The highest BCUT2D eigenvalue weighted by atomic mass is 32.2. The summed E-state index contributed by atoms with van der Waals surface area (Å²) in [5.74, 6) is -2.54. The second kappa shape index (κ2) is 8.47. The van der Waals surface area contributed by atoms with Gasteiger partial charge in [-0.3, -0.25) is 9.52 Å². The van der Waals surface area contributed by atoms with Crippen LogP contribution >= 0.6 is 0 Å². The van der Waals surface area contributed by atoms with E-state index in [0.717, 1.165) is 42.6 Å². The van der Waals surface area contributed by atoms with Gasteiger partial charge in [0.15, 0.2) is 11.6 Å². The van der Waals surface area contributed by atoms with Gasteiger partial charge in [-0.2, -0.15) is 0 Å². The molecule has 0 saturated heterocycles. The summed E-state index contributed by atoms with van der Waals surface area (Å²) in [6.45, 7) is 0.611. The smallest absolute Gasteiger partial charge is 0.261 e. The average molecular weight is 442 g/mol. The third kappa shape index (κ3) is 4.44. The van der Waals surface area contributed by atoms with Gasteiger partial charge in [0.2, 0.25) is 0 Å². The molecule has 3 aromatic rings. The van der Waals surface area contributed by atoms with Gasteiger partial charge in [-0.05, 0) is 73.4 Å². The third-order valence-electron chi connectivity index (χ3n) is 5.19. The Balaban J connectivity index is 1.54. The van der Waals surface area contributed by atoms with E-state index in [-0.39, 0.29) is 11.6 Å². The maximum Gasteiger partial charge on any atom is 0.261 e. The number of hydrogen-bond acceptors (Lipinski definition) is 3. The zero-order valence-electron chi connectivity index (χ0n) is 16.5. The van der Waals surface area contributed by atoms with E-state index in [1.807, 2.05) is 24.3 Å². The Morgan fingerprint density at radius 2 is 1.65 bits per heavy atom. The van der Waals surface area contributed by atoms with E-state index in [1.54, 1.807) is 17.0 Å². The van der Waals surface area contributed by atoms with E-state index in [9.17, 15) is 22.0 Å². The summed E-state index contributed by atoms with van der Waals surface area (Å²) < 4.78 is 53.6. The minimum atomic E-state index is -4.10. The molecule has 0 radical (unpaired) electrons. The average Bonchev–Trinajstić information content (AvgIpc) is 2.98. The first-order valence-corrected chi connectivity index (χ1v) is 11.3. The Bertz CT molecular complexity index is 1230. The molecule has 0 fully saturated rings. The molecule has 8 heteroatoms. The van der Waals surface area contributed by atoms with Crippen LogP contribution in [0.3, 0.4) is 0 Å². The van der Waals surface area contributed by atoms with Crippen molar-refractivity contribution in [3.63, 3.8) is 0 Å². The van der Waals surface area contributed by atoms with Crippen molar-refractivity contribution in [2.45, 2.75) is 24.2 Å². The standard InChI is InChI=1S/C23H20F2N2O3S/c24-20-13-12-19(15-21(20)25)31(29,30)26-18-10-8-17(9-11-18)23(28)27-14-4-3-6-16-5-1-2-7-22(16)27/h1-2,5,7-13,15,26H,3-4,6,14H2. The Kier molecular flexibility index (Phi) is 5.73. The van der Waals surface area contributed by atoms with E-state index in [1.165, 1.54) is 12.1 Å². The lowest BCUT2D eigenvalue weighted by Gasteiger charge is -2.23. The molecule has 0 atom stereocenters. The predicted octanol–water partition coefficient (Wildman–Crippen LogP) is 4.75. The van der Waals surface area contributed by atoms with Crippen LogP contribution in [0.1, 0.15) is 28.8 Å². The fraction of sp³-hybridized carbons (Fsp3) is 0.174. The van der Waals surface area contributed by atoms with Crippen molar-refractivity contribution in [3.05, 3.63) is 89.5 Å². The van der Waals surface area contributed by atoms with Crippen LogP contribution in [0, 0.1) is 11.6 Å². The van der Waals surface area contributed by atoms with Gasteiger partial charge in [0, 0.05) is 23.5 Å². The van der Waals surface area contributed by atoms with Gasteiger partial charge in [-0.25, -0.2) is 17.2 Å². The molecule has 4 rings (SSSR count). The lowest BCUT2D eigenvalue weighted by Crippen LogP contribution is -2.31. The molecule has 1 aliphatic heterocycles. The van der Waals surface area contributed by atoms with Crippen molar-refractivity contribution in [1.82, 2.24) is 0 Å². The second-order valence-electron chi connectivity index (χ2n) is 7.30. The Morgan fingerprint density at radius 3 is 2.39 bits per heavy atom. The van der Waals surface area contributed by atoms with Crippen LogP contribution in [-0.4, -0.2) is 20.9 Å². The van der Waals surface area contributed by atoms with Crippen molar-refractivity contribution in [1.29, 1.82) is 0 Å². The first-order valence-electron chi connectivity index (χ1n) is 9.83. The fourth-order valence-electron chi connectivity index (χ4n) is 3.60. The SMILES string of the molecule is O=C(c1ccc(NS(=O)(=O)c2ccc(F)c(F)c2)cc1)N1CCCCc2ccccc21. The lowest BCUT2D eigenvalue weighted by atomic mass is 10.1. The summed E-state index contributed by atoms with van der Waals surface area (Å²) in [5, 5.41) is 0. The molecule has 0 spiro atoms. The monoisotopic (exact) mass is 442 g/mol. The number of carbonyl (C=O) groups excluding carboxylic acids is 1. The highest BCUT2D eigenvalue weighted by Crippen LogP contribution is 2.28. The molecular formula is C23H20F2N2O3S. The number of nitrogens with zero attached hydrogens (tertiary/aromatic N) is 1. The summed E-state index contributed by atoms with van der Waals surface area (Å²) in [7, 11) is -4.10. The Morgan fingerprint density at radius 1 is 0.903 bits per heavy atom. The molecule has 31 heavy (non-hydrogen) atoms. The van der Waals surface area contributed by atoms with Crippen molar-refractivity contribution < 1.29 is 22.0 Å². The van der Waals surface area contributed by atoms with Crippen LogP contribution in [0.15, 0.2) is 71.6 Å². The van der Waals surface area contributed by atoms with Crippen molar-refractivity contribution in [3.8, 4) is 0 Å². The van der Waals surface area contributed by atoms with Crippen molar-refractivity contribution in [2.75, 3.05) is 16.2 Å². The number of hydrogen-bond donors (Lipinski definition) is 1. The molecule has 0 aliphatic carbocycles. The minimum Gasteiger partial charge on any atom is -0.308 e. The summed E-state index contributed by atoms with van der Waals surface area (Å²) in [6.07, 6.45) is 2.82. The van der Waals surface area contributed by atoms with Gasteiger partial charge in [0.1, 0.15) is 0 Å². The van der Waals surface area contributed by atoms with Crippen molar-refractivity contribution >= 4 is 27.3 Å². The topological polar surface area (TPSA) is 66.5 Å². The quantitative estimate of drug-likeness (QED) is 0.634. The van der Waals surface area contributed by atoms with Crippen molar-refractivity contribution in [2.24, 2.45) is 0 Å². The molecule has 1 amide bonds. The number of fused-ring (bicyclic) bond motifs is 1. The van der Waals surface area contributed by atoms with Crippen LogP contribution in [0.5, 0.6) is 0 Å². The highest BCUT2D eigenvalue weighted by Gasteiger charge is 2.22. The molecular weight excluding hydrogens is 422 g/mol. The maximum atomic E-state index is 13.4. The molecule has 5 nitrogen and oxygen atoms in total. The number of benzene rings is 3. The number of para-hydroxylation sites is 1. The Labute approximate surface area is 179 Å². The molecule has 0 unspecified atom stereocenters. The van der Waals surface area contributed by atoms with Crippen LogP contribution in [0.2, 0.25) is 0 Å². The summed E-state index contributed by atoms with van der Waals surface area (Å²) in [4.78, 5) is 14.5. The number of anilines is 2. The number of nitrogens with one attached hydrogen (secondary N) is 1. The summed E-state index contributed by atoms with van der Waals surface area (Å²) in [5.41, 5.74) is 2.66. The van der Waals surface area contributed by atoms with Gasteiger partial charge in [0.05, 0.1) is 4.90 Å². The van der Waals surface area contributed by atoms with Gasteiger partial charge in [-0.15, -0.1) is 0 Å². The molecule has 1 aliphatic rings. The van der Waals surface area contributed by atoms with E-state index in [2.05, 4.69) is 4.72 Å². The molecule has 1 heterocycles. The zero-order chi connectivity index (χ0) is 22.0. The molecule has 0 aromatic heterocycles. The van der Waals surface area contributed by atoms with E-state index in [4.69, 9.17) is 0 Å². The molecule has 3 aromatic carbocycles. The van der Waals surface area contributed by atoms with Gasteiger partial charge in [0.25, 0.3) is 15.9 Å². The molecule has 160 valence electrons. The summed E-state index contributed by atoms with van der Waals surface area (Å²) in [6, 6.07) is 16.2. The number of rotatable bonds is 4. The first kappa shape index (κ1) is 21.0. The van der Waals surface area contributed by atoms with Gasteiger partial charge in [-0.1, -0.05) is 18.2 Å². The first-order chi connectivity index (χ1) is 14.8. The summed E-state index contributed by atoms with van der Waals surface area (Å²) >= 11 is 0. The molecule has 1 N–H and O–H groups in total. The van der Waals surface area contributed by atoms with Gasteiger partial charge >= 0.3 is 0 Å². The normalized spacial score (nSPS) is 13.9. The number of sulfonamides is 1. The third-order valence-corrected chi connectivity index (χ3v) is 6.57. The Hall–Kier alpha value is -3.26. The molecule has 0 bridgehead atoms. The lowest BCUT2D eigenvalue weighted by molar-refractivity contribution is 0.0987.